The zero-order valence-electron chi connectivity index (χ0n) is 18.3. The summed E-state index contributed by atoms with van der Waals surface area (Å²) in [6.45, 7) is 3.41. The summed E-state index contributed by atoms with van der Waals surface area (Å²) in [4.78, 5) is 44.5. The molecule has 0 saturated carbocycles. The predicted octanol–water partition coefficient (Wildman–Crippen LogP) is 1.77. The molecule has 0 aliphatic carbocycles. The van der Waals surface area contributed by atoms with Crippen LogP contribution in [-0.4, -0.2) is 33.1 Å². The Kier molecular flexibility index (Phi) is 6.20. The van der Waals surface area contributed by atoms with E-state index in [0.29, 0.717) is 43.9 Å². The number of piperidine rings is 1. The van der Waals surface area contributed by atoms with E-state index in [9.17, 15) is 14.4 Å². The molecule has 1 fully saturated rings. The smallest absolute Gasteiger partial charge is 0.335 e. The highest BCUT2D eigenvalue weighted by Crippen LogP contribution is 2.24. The van der Waals surface area contributed by atoms with Crippen LogP contribution in [0.3, 0.4) is 0 Å². The van der Waals surface area contributed by atoms with Crippen molar-refractivity contribution in [1.29, 1.82) is 0 Å². The largest absolute Gasteiger partial charge is 0.366 e. The van der Waals surface area contributed by atoms with Gasteiger partial charge in [0.2, 0.25) is 5.91 Å². The van der Waals surface area contributed by atoms with Gasteiger partial charge in [-0.05, 0) is 43.5 Å². The molecule has 0 unspecified atom stereocenters. The molecule has 1 aromatic carbocycles. The number of hydrogen-bond donors (Lipinski definition) is 1. The fourth-order valence-corrected chi connectivity index (χ4v) is 4.25. The van der Waals surface area contributed by atoms with Crippen LogP contribution in [0.4, 0.5) is 5.69 Å². The standard InChI is InChI=1S/C24H27N5O3/c1-17-21(23(31)27(2)24(32)29(17)20-8-4-3-5-9-20)28-13-10-19(11-14-28)22(30)26-16-18-7-6-12-25-15-18/h3-9,12,15,19H,10-11,13-14,16H2,1-2H3,(H,26,30). The van der Waals surface area contributed by atoms with E-state index in [1.54, 1.807) is 23.9 Å². The van der Waals surface area contributed by atoms with Crippen LogP contribution in [0, 0.1) is 12.8 Å². The summed E-state index contributed by atoms with van der Waals surface area (Å²) in [5, 5.41) is 2.98. The minimum atomic E-state index is -0.368. The molecule has 0 bridgehead atoms. The van der Waals surface area contributed by atoms with Crippen LogP contribution in [0.15, 0.2) is 64.4 Å². The number of carbonyl (C=O) groups excluding carboxylic acids is 1. The Morgan fingerprint density at radius 1 is 1.09 bits per heavy atom. The number of nitrogens with zero attached hydrogens (tertiary/aromatic N) is 4. The van der Waals surface area contributed by atoms with Crippen molar-refractivity contribution in [3.63, 3.8) is 0 Å². The summed E-state index contributed by atoms with van der Waals surface area (Å²) in [6, 6.07) is 13.1. The van der Waals surface area contributed by atoms with Crippen LogP contribution >= 0.6 is 0 Å². The number of aromatic nitrogens is 3. The number of para-hydroxylation sites is 1. The summed E-state index contributed by atoms with van der Waals surface area (Å²) < 4.78 is 2.73. The van der Waals surface area contributed by atoms with E-state index < -0.39 is 0 Å². The lowest BCUT2D eigenvalue weighted by Crippen LogP contribution is -2.46. The lowest BCUT2D eigenvalue weighted by Gasteiger charge is -2.34. The third-order valence-electron chi connectivity index (χ3n) is 6.05. The van der Waals surface area contributed by atoms with Gasteiger partial charge in [-0.1, -0.05) is 24.3 Å². The molecule has 1 N–H and O–H groups in total. The van der Waals surface area contributed by atoms with Gasteiger partial charge in [0.1, 0.15) is 5.69 Å². The lowest BCUT2D eigenvalue weighted by molar-refractivity contribution is -0.125. The third kappa shape index (κ3) is 4.21. The monoisotopic (exact) mass is 433 g/mol. The molecule has 4 rings (SSSR count). The summed E-state index contributed by atoms with van der Waals surface area (Å²) in [7, 11) is 1.51. The van der Waals surface area contributed by atoms with Gasteiger partial charge in [-0.15, -0.1) is 0 Å². The van der Waals surface area contributed by atoms with Crippen molar-refractivity contribution < 1.29 is 4.79 Å². The minimum absolute atomic E-state index is 0.0207. The Bertz CT molecular complexity index is 1210. The first-order valence-corrected chi connectivity index (χ1v) is 10.8. The molecule has 8 heteroatoms. The number of carbonyl (C=O) groups is 1. The molecule has 32 heavy (non-hydrogen) atoms. The quantitative estimate of drug-likeness (QED) is 0.663. The third-order valence-corrected chi connectivity index (χ3v) is 6.05. The van der Waals surface area contributed by atoms with E-state index in [4.69, 9.17) is 0 Å². The summed E-state index contributed by atoms with van der Waals surface area (Å²) in [5.74, 6) is -0.0838. The molecule has 0 atom stereocenters. The van der Waals surface area contributed by atoms with Gasteiger partial charge < -0.3 is 10.2 Å². The highest BCUT2D eigenvalue weighted by atomic mass is 16.2. The molecule has 1 aliphatic rings. The van der Waals surface area contributed by atoms with Crippen LogP contribution in [0.5, 0.6) is 0 Å². The molecule has 3 aromatic rings. The van der Waals surface area contributed by atoms with E-state index in [-0.39, 0.29) is 23.1 Å². The number of hydrogen-bond acceptors (Lipinski definition) is 5. The predicted molar refractivity (Wildman–Crippen MR) is 123 cm³/mol. The molecular formula is C24H27N5O3. The van der Waals surface area contributed by atoms with Gasteiger partial charge in [0, 0.05) is 45.0 Å². The van der Waals surface area contributed by atoms with Crippen molar-refractivity contribution in [1.82, 2.24) is 19.4 Å². The molecular weight excluding hydrogens is 406 g/mol. The van der Waals surface area contributed by atoms with Crippen LogP contribution in [-0.2, 0) is 18.4 Å². The molecule has 1 aliphatic heterocycles. The van der Waals surface area contributed by atoms with Crippen molar-refractivity contribution in [2.24, 2.45) is 13.0 Å². The van der Waals surface area contributed by atoms with Crippen LogP contribution in [0.25, 0.3) is 5.69 Å². The number of benzene rings is 1. The summed E-state index contributed by atoms with van der Waals surface area (Å²) in [6.07, 6.45) is 4.73. The molecule has 3 heterocycles. The van der Waals surface area contributed by atoms with Gasteiger partial charge in [0.15, 0.2) is 0 Å². The first-order chi connectivity index (χ1) is 15.5. The second kappa shape index (κ2) is 9.21. The van der Waals surface area contributed by atoms with E-state index in [0.717, 1.165) is 15.8 Å². The van der Waals surface area contributed by atoms with Crippen LogP contribution in [0.1, 0.15) is 24.1 Å². The minimum Gasteiger partial charge on any atom is -0.366 e. The number of nitrogens with one attached hydrogen (secondary N) is 1. The highest BCUT2D eigenvalue weighted by Gasteiger charge is 2.28. The molecule has 1 saturated heterocycles. The topological polar surface area (TPSA) is 89.2 Å². The van der Waals surface area contributed by atoms with Gasteiger partial charge >= 0.3 is 5.69 Å². The Balaban J connectivity index is 1.51. The average Bonchev–Trinajstić information content (AvgIpc) is 2.83. The number of amides is 1. The van der Waals surface area contributed by atoms with Gasteiger partial charge in [-0.2, -0.15) is 0 Å². The number of pyridine rings is 1. The SMILES string of the molecule is Cc1c(N2CCC(C(=O)NCc3cccnc3)CC2)c(=O)n(C)c(=O)n1-c1ccccc1. The Labute approximate surface area is 186 Å². The Hall–Kier alpha value is -3.68. The zero-order chi connectivity index (χ0) is 22.7. The Morgan fingerprint density at radius 2 is 1.81 bits per heavy atom. The second-order valence-corrected chi connectivity index (χ2v) is 8.09. The van der Waals surface area contributed by atoms with Gasteiger partial charge in [0.05, 0.1) is 11.4 Å². The van der Waals surface area contributed by atoms with E-state index >= 15 is 0 Å². The van der Waals surface area contributed by atoms with Crippen molar-refractivity contribution >= 4 is 11.6 Å². The maximum absolute atomic E-state index is 13.0. The molecule has 166 valence electrons. The van der Waals surface area contributed by atoms with Gasteiger partial charge in [-0.25, -0.2) is 4.79 Å². The normalized spacial score (nSPS) is 14.4. The van der Waals surface area contributed by atoms with Crippen molar-refractivity contribution in [3.8, 4) is 5.69 Å². The number of rotatable bonds is 5. The summed E-state index contributed by atoms with van der Waals surface area (Å²) >= 11 is 0. The first-order valence-electron chi connectivity index (χ1n) is 10.8. The molecule has 0 radical (unpaired) electrons. The first kappa shape index (κ1) is 21.5. The maximum atomic E-state index is 13.0. The van der Waals surface area contributed by atoms with Crippen LogP contribution in [0.2, 0.25) is 0 Å². The second-order valence-electron chi connectivity index (χ2n) is 8.09. The Morgan fingerprint density at radius 3 is 2.47 bits per heavy atom. The fraction of sp³-hybridized carbons (Fsp3) is 0.333. The van der Waals surface area contributed by atoms with E-state index in [1.165, 1.54) is 7.05 Å². The fourth-order valence-electron chi connectivity index (χ4n) is 4.25. The molecule has 1 amide bonds. The lowest BCUT2D eigenvalue weighted by atomic mass is 9.95. The van der Waals surface area contributed by atoms with Crippen molar-refractivity contribution in [2.45, 2.75) is 26.3 Å². The van der Waals surface area contributed by atoms with Gasteiger partial charge in [0.25, 0.3) is 5.56 Å². The molecule has 8 nitrogen and oxygen atoms in total. The molecule has 2 aromatic heterocycles. The van der Waals surface area contributed by atoms with Gasteiger partial charge in [-0.3, -0.25) is 23.7 Å². The van der Waals surface area contributed by atoms with Crippen molar-refractivity contribution in [2.75, 3.05) is 18.0 Å². The zero-order valence-corrected chi connectivity index (χ0v) is 18.3. The van der Waals surface area contributed by atoms with Crippen LogP contribution < -0.4 is 21.5 Å². The average molecular weight is 434 g/mol. The highest BCUT2D eigenvalue weighted by molar-refractivity contribution is 5.79. The summed E-state index contributed by atoms with van der Waals surface area (Å²) in [5.41, 5.74) is 2.14. The van der Waals surface area contributed by atoms with Crippen molar-refractivity contribution in [3.05, 3.63) is 87.0 Å². The van der Waals surface area contributed by atoms with E-state index in [2.05, 4.69) is 10.3 Å². The maximum Gasteiger partial charge on any atom is 0.335 e. The van der Waals surface area contributed by atoms with E-state index in [1.807, 2.05) is 47.4 Å². The number of anilines is 1. The molecule has 0 spiro atoms.